The average Bonchev–Trinajstić information content (AvgIpc) is 2.61. The number of carbonyl (C=O) groups is 1. The van der Waals surface area contributed by atoms with Gasteiger partial charge in [0.05, 0.1) is 12.5 Å². The molecule has 2 aromatic carbocycles. The zero-order valence-electron chi connectivity index (χ0n) is 13.0. The Kier molecular flexibility index (Phi) is 4.47. The molecule has 3 rings (SSSR count). The molecule has 3 aromatic rings. The number of aromatic nitrogens is 1. The summed E-state index contributed by atoms with van der Waals surface area (Å²) in [4.78, 5) is 26.4. The molecule has 6 heteroatoms. The summed E-state index contributed by atoms with van der Waals surface area (Å²) in [5.74, 6) is 0.913. The number of hydrogen-bond acceptors (Lipinski definition) is 4. The Morgan fingerprint density at radius 2 is 1.88 bits per heavy atom. The molecule has 122 valence electrons. The normalized spacial score (nSPS) is 10.4. The van der Waals surface area contributed by atoms with Gasteiger partial charge in [-0.2, -0.15) is 0 Å². The number of H-pyrrole nitrogens is 1. The van der Waals surface area contributed by atoms with Crippen LogP contribution in [0.3, 0.4) is 0 Å². The minimum Gasteiger partial charge on any atom is -0.497 e. The number of pyridine rings is 1. The number of rotatable bonds is 5. The lowest BCUT2D eigenvalue weighted by molar-refractivity contribution is -0.118. The predicted molar refractivity (Wildman–Crippen MR) is 91.7 cm³/mol. The van der Waals surface area contributed by atoms with Crippen molar-refractivity contribution in [2.45, 2.75) is 0 Å². The minimum absolute atomic E-state index is 0.155. The summed E-state index contributed by atoms with van der Waals surface area (Å²) < 4.78 is 10.6. The van der Waals surface area contributed by atoms with Crippen LogP contribution in [0.25, 0.3) is 10.8 Å². The molecule has 0 aliphatic rings. The number of ether oxygens (including phenoxy) is 2. The van der Waals surface area contributed by atoms with E-state index in [0.717, 1.165) is 0 Å². The van der Waals surface area contributed by atoms with Gasteiger partial charge in [-0.3, -0.25) is 9.59 Å². The molecule has 0 radical (unpaired) electrons. The van der Waals surface area contributed by atoms with Crippen molar-refractivity contribution >= 4 is 22.4 Å². The fourth-order valence-electron chi connectivity index (χ4n) is 2.33. The quantitative estimate of drug-likeness (QED) is 0.756. The molecule has 0 spiro atoms. The van der Waals surface area contributed by atoms with Gasteiger partial charge in [0.15, 0.2) is 6.61 Å². The maximum absolute atomic E-state index is 12.0. The fraction of sp³-hybridized carbons (Fsp3) is 0.111. The third-order valence-electron chi connectivity index (χ3n) is 3.51. The number of hydrogen-bond donors (Lipinski definition) is 2. The Balaban J connectivity index is 1.68. The maximum Gasteiger partial charge on any atom is 0.262 e. The van der Waals surface area contributed by atoms with E-state index in [1.807, 2.05) is 0 Å². The summed E-state index contributed by atoms with van der Waals surface area (Å²) >= 11 is 0. The molecule has 0 saturated carbocycles. The highest BCUT2D eigenvalue weighted by molar-refractivity contribution is 5.92. The second-order valence-corrected chi connectivity index (χ2v) is 5.09. The smallest absolute Gasteiger partial charge is 0.262 e. The van der Waals surface area contributed by atoms with E-state index in [9.17, 15) is 9.59 Å². The van der Waals surface area contributed by atoms with E-state index in [-0.39, 0.29) is 18.1 Å². The van der Waals surface area contributed by atoms with Crippen molar-refractivity contribution in [2.24, 2.45) is 0 Å². The van der Waals surface area contributed by atoms with Gasteiger partial charge in [-0.1, -0.05) is 6.07 Å². The summed E-state index contributed by atoms with van der Waals surface area (Å²) in [5, 5.41) is 3.92. The summed E-state index contributed by atoms with van der Waals surface area (Å²) in [6.07, 6.45) is 1.55. The van der Waals surface area contributed by atoms with Crippen LogP contribution in [0.1, 0.15) is 0 Å². The molecule has 0 fully saturated rings. The molecule has 6 nitrogen and oxygen atoms in total. The monoisotopic (exact) mass is 324 g/mol. The Morgan fingerprint density at radius 3 is 2.62 bits per heavy atom. The van der Waals surface area contributed by atoms with Crippen LogP contribution < -0.4 is 20.3 Å². The molecule has 0 unspecified atom stereocenters. The largest absolute Gasteiger partial charge is 0.497 e. The van der Waals surface area contributed by atoms with Crippen molar-refractivity contribution < 1.29 is 14.3 Å². The standard InChI is InChI=1S/C18H16N2O4/c1-23-13-7-5-12(6-8-13)20-17(21)11-24-16-4-2-3-15-14(16)9-10-19-18(15)22/h2-10H,11H2,1H3,(H,19,22)(H,20,21). The third kappa shape index (κ3) is 3.38. The van der Waals surface area contributed by atoms with Crippen LogP contribution in [0.15, 0.2) is 59.5 Å². The highest BCUT2D eigenvalue weighted by Crippen LogP contribution is 2.22. The zero-order chi connectivity index (χ0) is 16.9. The molecule has 0 atom stereocenters. The van der Waals surface area contributed by atoms with Crippen molar-refractivity contribution in [3.05, 3.63) is 65.1 Å². The third-order valence-corrected chi connectivity index (χ3v) is 3.51. The van der Waals surface area contributed by atoms with Crippen molar-refractivity contribution in [1.29, 1.82) is 0 Å². The van der Waals surface area contributed by atoms with Crippen LogP contribution in [0.2, 0.25) is 0 Å². The summed E-state index contributed by atoms with van der Waals surface area (Å²) in [5.41, 5.74) is 0.458. The lowest BCUT2D eigenvalue weighted by atomic mass is 10.1. The molecule has 1 aromatic heterocycles. The lowest BCUT2D eigenvalue weighted by Crippen LogP contribution is -2.20. The van der Waals surface area contributed by atoms with Gasteiger partial charge in [-0.25, -0.2) is 0 Å². The Hall–Kier alpha value is -3.28. The highest BCUT2D eigenvalue weighted by Gasteiger charge is 2.08. The lowest BCUT2D eigenvalue weighted by Gasteiger charge is -2.10. The number of nitrogens with one attached hydrogen (secondary N) is 2. The van der Waals surface area contributed by atoms with Gasteiger partial charge in [0.25, 0.3) is 11.5 Å². The van der Waals surface area contributed by atoms with Gasteiger partial charge in [-0.05, 0) is 42.5 Å². The van der Waals surface area contributed by atoms with Crippen LogP contribution in [0.5, 0.6) is 11.5 Å². The van der Waals surface area contributed by atoms with Gasteiger partial charge >= 0.3 is 0 Å². The van der Waals surface area contributed by atoms with Gasteiger partial charge < -0.3 is 19.8 Å². The number of carbonyl (C=O) groups excluding carboxylic acids is 1. The molecule has 24 heavy (non-hydrogen) atoms. The molecule has 0 bridgehead atoms. The fourth-order valence-corrected chi connectivity index (χ4v) is 2.33. The first kappa shape index (κ1) is 15.6. The molecule has 0 saturated heterocycles. The predicted octanol–water partition coefficient (Wildman–Crippen LogP) is 2.55. The first-order valence-electron chi connectivity index (χ1n) is 7.34. The van der Waals surface area contributed by atoms with Crippen LogP contribution in [0.4, 0.5) is 5.69 Å². The highest BCUT2D eigenvalue weighted by atomic mass is 16.5. The first-order valence-corrected chi connectivity index (χ1v) is 7.34. The summed E-state index contributed by atoms with van der Waals surface area (Å²) in [6.45, 7) is -0.155. The SMILES string of the molecule is COc1ccc(NC(=O)COc2cccc3c(=O)[nH]ccc23)cc1. The molecular formula is C18H16N2O4. The number of amides is 1. The van der Waals surface area contributed by atoms with Crippen LogP contribution >= 0.6 is 0 Å². The van der Waals surface area contributed by atoms with Crippen LogP contribution in [-0.4, -0.2) is 24.6 Å². The summed E-state index contributed by atoms with van der Waals surface area (Å²) in [7, 11) is 1.58. The van der Waals surface area contributed by atoms with E-state index >= 15 is 0 Å². The van der Waals surface area contributed by atoms with Crippen molar-refractivity contribution in [3.63, 3.8) is 0 Å². The average molecular weight is 324 g/mol. The first-order chi connectivity index (χ1) is 11.7. The Bertz CT molecular complexity index is 916. The maximum atomic E-state index is 12.0. The van der Waals surface area contributed by atoms with Gasteiger partial charge in [0, 0.05) is 17.3 Å². The van der Waals surface area contributed by atoms with E-state index in [4.69, 9.17) is 9.47 Å². The molecule has 0 aliphatic carbocycles. The second kappa shape index (κ2) is 6.87. The van der Waals surface area contributed by atoms with Crippen molar-refractivity contribution in [1.82, 2.24) is 4.98 Å². The Labute approximate surface area is 138 Å². The number of fused-ring (bicyclic) bond motifs is 1. The molecule has 1 heterocycles. The van der Waals surface area contributed by atoms with E-state index in [2.05, 4.69) is 10.3 Å². The van der Waals surface area contributed by atoms with E-state index in [0.29, 0.717) is 28.0 Å². The van der Waals surface area contributed by atoms with Crippen molar-refractivity contribution in [2.75, 3.05) is 19.0 Å². The number of aromatic amines is 1. The topological polar surface area (TPSA) is 80.4 Å². The molecule has 0 aliphatic heterocycles. The summed E-state index contributed by atoms with van der Waals surface area (Å²) in [6, 6.07) is 13.9. The van der Waals surface area contributed by atoms with Crippen LogP contribution in [-0.2, 0) is 4.79 Å². The molecule has 1 amide bonds. The van der Waals surface area contributed by atoms with Gasteiger partial charge in [-0.15, -0.1) is 0 Å². The number of methoxy groups -OCH3 is 1. The number of anilines is 1. The number of benzene rings is 2. The molecule has 2 N–H and O–H groups in total. The van der Waals surface area contributed by atoms with E-state index in [1.165, 1.54) is 0 Å². The van der Waals surface area contributed by atoms with Gasteiger partial charge in [0.1, 0.15) is 11.5 Å². The minimum atomic E-state index is -0.290. The van der Waals surface area contributed by atoms with E-state index in [1.54, 1.807) is 61.8 Å². The second-order valence-electron chi connectivity index (χ2n) is 5.09. The van der Waals surface area contributed by atoms with E-state index < -0.39 is 0 Å². The van der Waals surface area contributed by atoms with Crippen molar-refractivity contribution in [3.8, 4) is 11.5 Å². The van der Waals surface area contributed by atoms with Crippen LogP contribution in [0, 0.1) is 0 Å². The Morgan fingerprint density at radius 1 is 1.08 bits per heavy atom. The van der Waals surface area contributed by atoms with Gasteiger partial charge in [0.2, 0.25) is 0 Å². The zero-order valence-corrected chi connectivity index (χ0v) is 13.0. The molecular weight excluding hydrogens is 308 g/mol.